The zero-order chi connectivity index (χ0) is 26.0. The zero-order valence-electron chi connectivity index (χ0n) is 20.5. The lowest BCUT2D eigenvalue weighted by Gasteiger charge is -2.25. The van der Waals surface area contributed by atoms with Crippen molar-refractivity contribution < 1.29 is 28.8 Å². The molecule has 0 saturated carbocycles. The molecule has 1 aliphatic heterocycles. The Labute approximate surface area is 211 Å². The fourth-order valence-corrected chi connectivity index (χ4v) is 5.17. The van der Waals surface area contributed by atoms with E-state index in [-0.39, 0.29) is 35.0 Å². The smallest absolute Gasteiger partial charge is 0.338 e. The lowest BCUT2D eigenvalue weighted by atomic mass is 9.95. The molecule has 1 atom stereocenters. The van der Waals surface area contributed by atoms with Gasteiger partial charge in [0.05, 0.1) is 43.7 Å². The highest BCUT2D eigenvalue weighted by Gasteiger charge is 2.34. The molecule has 9 nitrogen and oxygen atoms in total. The van der Waals surface area contributed by atoms with Crippen LogP contribution in [0.15, 0.2) is 57.5 Å². The summed E-state index contributed by atoms with van der Waals surface area (Å²) in [6, 6.07) is 9.64. The van der Waals surface area contributed by atoms with Gasteiger partial charge in [0.2, 0.25) is 5.75 Å². The monoisotopic (exact) mass is 510 g/mol. The topological polar surface area (TPSA) is 109 Å². The number of fused-ring (bicyclic) bond motifs is 1. The van der Waals surface area contributed by atoms with Crippen LogP contribution in [0.2, 0.25) is 0 Å². The number of hydrogen-bond donors (Lipinski definition) is 1. The lowest BCUT2D eigenvalue weighted by Crippen LogP contribution is -2.40. The van der Waals surface area contributed by atoms with Crippen molar-refractivity contribution in [3.8, 4) is 23.0 Å². The number of carbonyl (C=O) groups excluding carboxylic acids is 1. The van der Waals surface area contributed by atoms with Crippen LogP contribution in [0, 0.1) is 0 Å². The molecule has 4 rings (SSSR count). The normalized spacial score (nSPS) is 15.2. The third-order valence-electron chi connectivity index (χ3n) is 5.75. The molecule has 0 bridgehead atoms. The molecule has 0 spiro atoms. The minimum atomic E-state index is -0.789. The van der Waals surface area contributed by atoms with E-state index in [9.17, 15) is 14.7 Å². The van der Waals surface area contributed by atoms with Gasteiger partial charge in [-0.3, -0.25) is 9.36 Å². The summed E-state index contributed by atoms with van der Waals surface area (Å²) in [7, 11) is 4.40. The first-order valence-electron chi connectivity index (χ1n) is 11.1. The van der Waals surface area contributed by atoms with Crippen LogP contribution in [0.25, 0.3) is 6.08 Å². The van der Waals surface area contributed by atoms with E-state index < -0.39 is 12.0 Å². The van der Waals surface area contributed by atoms with Gasteiger partial charge in [-0.1, -0.05) is 29.5 Å². The second-order valence-electron chi connectivity index (χ2n) is 7.82. The van der Waals surface area contributed by atoms with Crippen molar-refractivity contribution in [1.29, 1.82) is 0 Å². The molecular formula is C26H26N2O7S. The fourth-order valence-electron chi connectivity index (χ4n) is 4.13. The van der Waals surface area contributed by atoms with Gasteiger partial charge in [-0.05, 0) is 43.7 Å². The van der Waals surface area contributed by atoms with Crippen LogP contribution >= 0.6 is 11.3 Å². The van der Waals surface area contributed by atoms with E-state index in [0.29, 0.717) is 31.9 Å². The summed E-state index contributed by atoms with van der Waals surface area (Å²) in [5.41, 5.74) is 1.62. The zero-order valence-corrected chi connectivity index (χ0v) is 21.3. The average molecular weight is 511 g/mol. The molecule has 0 saturated heterocycles. The number of aromatic nitrogens is 1. The summed E-state index contributed by atoms with van der Waals surface area (Å²) >= 11 is 1.19. The molecule has 36 heavy (non-hydrogen) atoms. The number of nitrogens with zero attached hydrogens (tertiary/aromatic N) is 2. The number of hydrogen-bond acceptors (Lipinski definition) is 9. The van der Waals surface area contributed by atoms with Gasteiger partial charge in [-0.2, -0.15) is 0 Å². The minimum absolute atomic E-state index is 0.135. The quantitative estimate of drug-likeness (QED) is 0.487. The molecule has 10 heteroatoms. The Morgan fingerprint density at radius 1 is 1.11 bits per heavy atom. The molecule has 1 aromatic heterocycles. The molecule has 2 aromatic carbocycles. The van der Waals surface area contributed by atoms with Gasteiger partial charge in [0.15, 0.2) is 16.3 Å². The van der Waals surface area contributed by atoms with Crippen molar-refractivity contribution >= 4 is 23.4 Å². The van der Waals surface area contributed by atoms with Crippen LogP contribution in [-0.4, -0.2) is 43.6 Å². The predicted molar refractivity (Wildman–Crippen MR) is 135 cm³/mol. The minimum Gasteiger partial charge on any atom is -0.502 e. The number of phenols is 1. The number of rotatable bonds is 7. The fraction of sp³-hybridized carbons (Fsp3) is 0.269. The summed E-state index contributed by atoms with van der Waals surface area (Å²) in [4.78, 5) is 31.8. The van der Waals surface area contributed by atoms with E-state index in [1.54, 1.807) is 38.1 Å². The molecule has 1 N–H and O–H groups in total. The van der Waals surface area contributed by atoms with Gasteiger partial charge in [0.1, 0.15) is 11.8 Å². The van der Waals surface area contributed by atoms with Gasteiger partial charge in [-0.15, -0.1) is 0 Å². The van der Waals surface area contributed by atoms with Crippen LogP contribution in [0.5, 0.6) is 23.0 Å². The maximum Gasteiger partial charge on any atom is 0.338 e. The number of aromatic hydroxyl groups is 1. The third-order valence-corrected chi connectivity index (χ3v) is 6.73. The van der Waals surface area contributed by atoms with Crippen molar-refractivity contribution in [3.05, 3.63) is 78.5 Å². The third kappa shape index (κ3) is 4.35. The van der Waals surface area contributed by atoms with E-state index >= 15 is 0 Å². The summed E-state index contributed by atoms with van der Waals surface area (Å²) in [6.07, 6.45) is 1.66. The molecule has 0 fully saturated rings. The Balaban J connectivity index is 1.99. The van der Waals surface area contributed by atoms with Crippen molar-refractivity contribution in [3.63, 3.8) is 0 Å². The molecule has 0 radical (unpaired) electrons. The van der Waals surface area contributed by atoms with Crippen LogP contribution in [0.3, 0.4) is 0 Å². The van der Waals surface area contributed by atoms with E-state index in [2.05, 4.69) is 4.99 Å². The average Bonchev–Trinajstić information content (AvgIpc) is 3.18. The van der Waals surface area contributed by atoms with Gasteiger partial charge in [-0.25, -0.2) is 9.79 Å². The van der Waals surface area contributed by atoms with E-state index in [1.165, 1.54) is 37.2 Å². The highest BCUT2D eigenvalue weighted by atomic mass is 32.1. The first-order valence-corrected chi connectivity index (χ1v) is 11.9. The highest BCUT2D eigenvalue weighted by Crippen LogP contribution is 2.38. The van der Waals surface area contributed by atoms with Crippen LogP contribution in [0.1, 0.15) is 31.0 Å². The van der Waals surface area contributed by atoms with E-state index in [0.717, 1.165) is 0 Å². The molecule has 0 amide bonds. The van der Waals surface area contributed by atoms with E-state index in [4.69, 9.17) is 18.9 Å². The van der Waals surface area contributed by atoms with Gasteiger partial charge >= 0.3 is 5.97 Å². The van der Waals surface area contributed by atoms with Crippen molar-refractivity contribution in [2.24, 2.45) is 4.99 Å². The molecule has 0 aliphatic carbocycles. The predicted octanol–water partition coefficient (Wildman–Crippen LogP) is 2.53. The molecule has 188 valence electrons. The van der Waals surface area contributed by atoms with Crippen LogP contribution < -0.4 is 29.1 Å². The maximum atomic E-state index is 13.8. The second kappa shape index (κ2) is 10.3. The van der Waals surface area contributed by atoms with Gasteiger partial charge in [0.25, 0.3) is 5.56 Å². The number of thiazole rings is 1. The Morgan fingerprint density at radius 2 is 1.75 bits per heavy atom. The number of ether oxygens (including phenoxy) is 4. The number of para-hydroxylation sites is 1. The number of allylic oxidation sites excluding steroid dienone is 1. The Kier molecular flexibility index (Phi) is 7.16. The second-order valence-corrected chi connectivity index (χ2v) is 8.83. The Bertz CT molecular complexity index is 1510. The number of methoxy groups -OCH3 is 3. The molecule has 2 heterocycles. The van der Waals surface area contributed by atoms with Crippen molar-refractivity contribution in [2.45, 2.75) is 19.9 Å². The first-order chi connectivity index (χ1) is 17.3. The summed E-state index contributed by atoms with van der Waals surface area (Å²) in [5, 5.41) is 10.2. The van der Waals surface area contributed by atoms with Crippen LogP contribution in [0.4, 0.5) is 0 Å². The molecule has 3 aromatic rings. The number of benzene rings is 2. The van der Waals surface area contributed by atoms with Crippen molar-refractivity contribution in [2.75, 3.05) is 27.9 Å². The van der Waals surface area contributed by atoms with Crippen LogP contribution in [-0.2, 0) is 9.53 Å². The Hall–Kier alpha value is -4.05. The summed E-state index contributed by atoms with van der Waals surface area (Å²) in [6.45, 7) is 3.63. The standard InChI is InChI=1S/C26H26N2O7S/c1-6-35-25(31)21-14(2)27-26-28(22(21)16-9-7-8-10-17(16)32-3)24(30)20(36-26)13-15-11-18(33-4)23(29)19(12-15)34-5/h7-13,22,29H,6H2,1-5H3/b20-13+/t22-/m1/s1. The first kappa shape index (κ1) is 25.1. The number of carbonyl (C=O) groups is 1. The maximum absolute atomic E-state index is 13.8. The summed E-state index contributed by atoms with van der Waals surface area (Å²) < 4.78 is 23.2. The van der Waals surface area contributed by atoms with Gasteiger partial charge in [0, 0.05) is 5.56 Å². The summed E-state index contributed by atoms with van der Waals surface area (Å²) in [5.74, 6) is 0.268. The molecular weight excluding hydrogens is 484 g/mol. The number of esters is 1. The SMILES string of the molecule is CCOC(=O)C1=C(C)N=c2s/c(=C/c3cc(OC)c(O)c(OC)c3)c(=O)n2[C@@H]1c1ccccc1OC. The molecule has 0 unspecified atom stereocenters. The Morgan fingerprint density at radius 3 is 2.36 bits per heavy atom. The number of phenolic OH excluding ortho intramolecular Hbond substituents is 1. The largest absolute Gasteiger partial charge is 0.502 e. The van der Waals surface area contributed by atoms with E-state index in [1.807, 2.05) is 18.2 Å². The lowest BCUT2D eigenvalue weighted by molar-refractivity contribution is -0.139. The van der Waals surface area contributed by atoms with Gasteiger partial charge < -0.3 is 24.1 Å². The highest BCUT2D eigenvalue weighted by molar-refractivity contribution is 7.07. The van der Waals surface area contributed by atoms with Crippen molar-refractivity contribution in [1.82, 2.24) is 4.57 Å². The molecule has 1 aliphatic rings.